The van der Waals surface area contributed by atoms with Gasteiger partial charge in [0.25, 0.3) is 0 Å². The van der Waals surface area contributed by atoms with Crippen molar-refractivity contribution in [2.24, 2.45) is 5.73 Å². The number of hydrogen-bond acceptors (Lipinski definition) is 8. The molecule has 7 N–H and O–H groups in total. The highest BCUT2D eigenvalue weighted by atomic mass is 16.5. The Bertz CT molecular complexity index is 708. The first-order valence-corrected chi connectivity index (χ1v) is 13.6. The first-order chi connectivity index (χ1) is 18.2. The lowest BCUT2D eigenvalue weighted by atomic mass is 10.2. The molecule has 220 valence electrons. The minimum atomic E-state index is -0.529. The fraction of sp³-hybridized carbons (Fsp3) is 0.800. The summed E-state index contributed by atoms with van der Waals surface area (Å²) in [4.78, 5) is 58.2. The van der Waals surface area contributed by atoms with E-state index in [9.17, 15) is 34.4 Å². The number of rotatable bonds is 23. The van der Waals surface area contributed by atoms with Crippen LogP contribution in [0.5, 0.6) is 0 Å². The molecule has 0 aliphatic carbocycles. The van der Waals surface area contributed by atoms with E-state index in [0.29, 0.717) is 68.4 Å². The van der Waals surface area contributed by atoms with Gasteiger partial charge in [-0.2, -0.15) is 0 Å². The van der Waals surface area contributed by atoms with Gasteiger partial charge in [-0.3, -0.25) is 34.4 Å². The van der Waals surface area contributed by atoms with E-state index in [-0.39, 0.29) is 56.5 Å². The highest BCUT2D eigenvalue weighted by Crippen LogP contribution is 2.02. The molecule has 0 aromatic carbocycles. The molecule has 0 bridgehead atoms. The zero-order valence-corrected chi connectivity index (χ0v) is 22.8. The number of unbranched alkanes of at least 4 members (excludes halogenated alkanes) is 6. The summed E-state index contributed by atoms with van der Waals surface area (Å²) in [6.07, 6.45) is 6.87. The first-order valence-electron chi connectivity index (χ1n) is 13.6. The summed E-state index contributed by atoms with van der Waals surface area (Å²) in [6, 6.07) is 0. The Labute approximate surface area is 225 Å². The van der Waals surface area contributed by atoms with E-state index in [1.807, 2.05) is 0 Å². The molecular formula is C25H48N6O7. The average Bonchev–Trinajstić information content (AvgIpc) is 2.89. The molecule has 38 heavy (non-hydrogen) atoms. The predicted molar refractivity (Wildman–Crippen MR) is 141 cm³/mol. The summed E-state index contributed by atoms with van der Waals surface area (Å²) < 4.78 is 0. The van der Waals surface area contributed by atoms with Crippen molar-refractivity contribution in [2.75, 3.05) is 39.3 Å². The minimum Gasteiger partial charge on any atom is -0.356 e. The van der Waals surface area contributed by atoms with Crippen LogP contribution in [0.1, 0.15) is 90.4 Å². The SMILES string of the molecule is CC(=O)N(O)CCCCCNC(=O)CCC(=O)N(O)CCCCCNC(=O)CCC(=O)NCCCCCN. The molecule has 0 heterocycles. The van der Waals surface area contributed by atoms with Crippen LogP contribution < -0.4 is 21.7 Å². The Morgan fingerprint density at radius 2 is 0.974 bits per heavy atom. The van der Waals surface area contributed by atoms with Crippen molar-refractivity contribution in [1.29, 1.82) is 0 Å². The third-order valence-corrected chi connectivity index (χ3v) is 5.74. The second kappa shape index (κ2) is 23.4. The molecule has 0 fully saturated rings. The summed E-state index contributed by atoms with van der Waals surface area (Å²) in [5, 5.41) is 28.6. The lowest BCUT2D eigenvalue weighted by molar-refractivity contribution is -0.166. The molecule has 0 spiro atoms. The van der Waals surface area contributed by atoms with Gasteiger partial charge in [-0.15, -0.1) is 0 Å². The highest BCUT2D eigenvalue weighted by molar-refractivity contribution is 5.84. The standard InChI is InChI=1S/C25H48N6O7/c1-21(32)30(37)19-9-3-7-18-29-24(35)13-14-25(36)31(38)20-10-4-8-17-28-23(34)12-11-22(33)27-16-6-2-5-15-26/h37-38H,2-20,26H2,1H3,(H,27,33)(H,28,34)(H,29,35). The van der Waals surface area contributed by atoms with E-state index in [4.69, 9.17) is 5.73 Å². The van der Waals surface area contributed by atoms with Crippen LogP contribution >= 0.6 is 0 Å². The molecule has 13 heteroatoms. The molecule has 0 aromatic heterocycles. The zero-order chi connectivity index (χ0) is 28.6. The monoisotopic (exact) mass is 544 g/mol. The van der Waals surface area contributed by atoms with E-state index < -0.39 is 11.8 Å². The summed E-state index contributed by atoms with van der Waals surface area (Å²) in [7, 11) is 0. The van der Waals surface area contributed by atoms with Crippen LogP contribution in [0, 0.1) is 0 Å². The van der Waals surface area contributed by atoms with Gasteiger partial charge in [0.15, 0.2) is 0 Å². The largest absolute Gasteiger partial charge is 0.356 e. The molecular weight excluding hydrogens is 496 g/mol. The molecule has 0 atom stereocenters. The fourth-order valence-corrected chi connectivity index (χ4v) is 3.38. The Hall–Kier alpha value is -2.77. The van der Waals surface area contributed by atoms with Crippen molar-refractivity contribution in [2.45, 2.75) is 90.4 Å². The van der Waals surface area contributed by atoms with Crippen LogP contribution in [0.4, 0.5) is 0 Å². The molecule has 0 aliphatic rings. The lowest BCUT2D eigenvalue weighted by Crippen LogP contribution is -2.31. The summed E-state index contributed by atoms with van der Waals surface area (Å²) in [6.45, 7) is 3.78. The van der Waals surface area contributed by atoms with Crippen LogP contribution in [0.3, 0.4) is 0 Å². The van der Waals surface area contributed by atoms with E-state index in [2.05, 4.69) is 16.0 Å². The predicted octanol–water partition coefficient (Wildman–Crippen LogP) is 0.821. The maximum atomic E-state index is 12.0. The number of carbonyl (C=O) groups excluding carboxylic acids is 5. The van der Waals surface area contributed by atoms with Crippen molar-refractivity contribution >= 4 is 29.5 Å². The maximum Gasteiger partial charge on any atom is 0.246 e. The third kappa shape index (κ3) is 21.3. The minimum absolute atomic E-state index is 0.0248. The van der Waals surface area contributed by atoms with E-state index in [1.165, 1.54) is 6.92 Å². The van der Waals surface area contributed by atoms with E-state index in [0.717, 1.165) is 25.7 Å². The van der Waals surface area contributed by atoms with E-state index in [1.54, 1.807) is 0 Å². The molecule has 0 saturated carbocycles. The molecule has 0 unspecified atom stereocenters. The first kappa shape index (κ1) is 35.2. The topological polar surface area (TPSA) is 194 Å². The molecule has 5 amide bonds. The van der Waals surface area contributed by atoms with Gasteiger partial charge in [-0.1, -0.05) is 6.42 Å². The second-order valence-electron chi connectivity index (χ2n) is 9.18. The molecule has 0 saturated heterocycles. The second-order valence-corrected chi connectivity index (χ2v) is 9.18. The Balaban J connectivity index is 3.68. The summed E-state index contributed by atoms with van der Waals surface area (Å²) in [5.41, 5.74) is 5.41. The van der Waals surface area contributed by atoms with Crippen molar-refractivity contribution in [1.82, 2.24) is 26.1 Å². The molecule has 0 rings (SSSR count). The Kier molecular flexibility index (Phi) is 21.7. The van der Waals surface area contributed by atoms with Crippen molar-refractivity contribution in [3.8, 4) is 0 Å². The molecule has 13 nitrogen and oxygen atoms in total. The molecule has 0 radical (unpaired) electrons. The molecule has 0 aliphatic heterocycles. The van der Waals surface area contributed by atoms with Gasteiger partial charge in [0, 0.05) is 65.3 Å². The van der Waals surface area contributed by atoms with Gasteiger partial charge < -0.3 is 21.7 Å². The number of nitrogens with one attached hydrogen (secondary N) is 3. The van der Waals surface area contributed by atoms with Gasteiger partial charge in [-0.25, -0.2) is 10.1 Å². The maximum absolute atomic E-state index is 12.0. The van der Waals surface area contributed by atoms with E-state index >= 15 is 0 Å². The number of amides is 5. The van der Waals surface area contributed by atoms with Gasteiger partial charge in [0.1, 0.15) is 0 Å². The van der Waals surface area contributed by atoms with Gasteiger partial charge >= 0.3 is 0 Å². The van der Waals surface area contributed by atoms with Gasteiger partial charge in [-0.05, 0) is 57.9 Å². The van der Waals surface area contributed by atoms with Crippen LogP contribution in [0.25, 0.3) is 0 Å². The Morgan fingerprint density at radius 3 is 1.39 bits per heavy atom. The number of nitrogens with zero attached hydrogens (tertiary/aromatic N) is 2. The van der Waals surface area contributed by atoms with Crippen LogP contribution in [0.2, 0.25) is 0 Å². The van der Waals surface area contributed by atoms with Crippen LogP contribution in [-0.2, 0) is 24.0 Å². The van der Waals surface area contributed by atoms with Gasteiger partial charge in [0.2, 0.25) is 29.5 Å². The Morgan fingerprint density at radius 1 is 0.579 bits per heavy atom. The van der Waals surface area contributed by atoms with Crippen molar-refractivity contribution in [3.63, 3.8) is 0 Å². The van der Waals surface area contributed by atoms with Crippen molar-refractivity contribution in [3.05, 3.63) is 0 Å². The van der Waals surface area contributed by atoms with Crippen LogP contribution in [0.15, 0.2) is 0 Å². The van der Waals surface area contributed by atoms with Crippen LogP contribution in [-0.4, -0.2) is 89.3 Å². The zero-order valence-electron chi connectivity index (χ0n) is 22.8. The number of carbonyl (C=O) groups is 5. The highest BCUT2D eigenvalue weighted by Gasteiger charge is 2.13. The third-order valence-electron chi connectivity index (χ3n) is 5.74. The quantitative estimate of drug-likeness (QED) is 0.0618. The lowest BCUT2D eigenvalue weighted by Gasteiger charge is -2.15. The fourth-order valence-electron chi connectivity index (χ4n) is 3.38. The summed E-state index contributed by atoms with van der Waals surface area (Å²) in [5.74, 6) is -1.56. The summed E-state index contributed by atoms with van der Waals surface area (Å²) >= 11 is 0. The van der Waals surface area contributed by atoms with Crippen molar-refractivity contribution < 1.29 is 34.4 Å². The normalized spacial score (nSPS) is 10.5. The number of hydrogen-bond donors (Lipinski definition) is 6. The number of hydroxylamine groups is 4. The average molecular weight is 545 g/mol. The smallest absolute Gasteiger partial charge is 0.246 e. The molecule has 0 aromatic rings. The number of nitrogens with two attached hydrogens (primary N) is 1. The van der Waals surface area contributed by atoms with Gasteiger partial charge in [0.05, 0.1) is 0 Å².